The second-order valence-corrected chi connectivity index (χ2v) is 4.63. The molecule has 1 aromatic rings. The van der Waals surface area contributed by atoms with Crippen LogP contribution in [0.5, 0.6) is 0 Å². The first kappa shape index (κ1) is 8.72. The molecule has 0 atom stereocenters. The van der Waals surface area contributed by atoms with Crippen molar-refractivity contribution >= 4 is 11.3 Å². The number of aromatic nitrogens is 1. The van der Waals surface area contributed by atoms with Gasteiger partial charge in [0.25, 0.3) is 0 Å². The van der Waals surface area contributed by atoms with Crippen LogP contribution in [0.1, 0.15) is 29.4 Å². The van der Waals surface area contributed by atoms with Crippen LogP contribution in [0.3, 0.4) is 0 Å². The first-order chi connectivity index (χ1) is 5.09. The van der Waals surface area contributed by atoms with Gasteiger partial charge >= 0.3 is 0 Å². The number of aryl methyl sites for hydroxylation is 2. The van der Waals surface area contributed by atoms with Crippen molar-refractivity contribution in [3.63, 3.8) is 0 Å². The van der Waals surface area contributed by atoms with Crippen molar-refractivity contribution in [2.45, 2.75) is 34.1 Å². The molecule has 1 nitrogen and oxygen atoms in total. The van der Waals surface area contributed by atoms with Gasteiger partial charge < -0.3 is 0 Å². The van der Waals surface area contributed by atoms with Crippen molar-refractivity contribution in [2.75, 3.05) is 0 Å². The van der Waals surface area contributed by atoms with Crippen molar-refractivity contribution in [3.05, 3.63) is 15.6 Å². The number of nitrogens with zero attached hydrogens (tertiary/aromatic N) is 1. The maximum Gasteiger partial charge on any atom is 0.0933 e. The quantitative estimate of drug-likeness (QED) is 0.663. The van der Waals surface area contributed by atoms with Gasteiger partial charge in [-0.1, -0.05) is 13.8 Å². The summed E-state index contributed by atoms with van der Waals surface area (Å²) in [4.78, 5) is 5.83. The van der Waals surface area contributed by atoms with E-state index in [0.29, 0.717) is 0 Å². The summed E-state index contributed by atoms with van der Waals surface area (Å²) in [5.74, 6) is 0.722. The molecule has 2 heteroatoms. The molecule has 62 valence electrons. The Bertz CT molecular complexity index is 218. The molecule has 1 aromatic heterocycles. The molecule has 0 unspecified atom stereocenters. The summed E-state index contributed by atoms with van der Waals surface area (Å²) in [6, 6.07) is 0. The Morgan fingerprint density at radius 2 is 2.00 bits per heavy atom. The average Bonchev–Trinajstić information content (AvgIpc) is 2.10. The number of hydrogen-bond acceptors (Lipinski definition) is 2. The van der Waals surface area contributed by atoms with Crippen LogP contribution >= 0.6 is 11.3 Å². The second kappa shape index (κ2) is 3.35. The summed E-state index contributed by atoms with van der Waals surface area (Å²) in [5.41, 5.74) is 1.20. The molecule has 0 aliphatic rings. The van der Waals surface area contributed by atoms with Gasteiger partial charge in [0, 0.05) is 11.3 Å². The van der Waals surface area contributed by atoms with E-state index in [1.165, 1.54) is 15.6 Å². The summed E-state index contributed by atoms with van der Waals surface area (Å²) in [6.45, 7) is 8.67. The minimum Gasteiger partial charge on any atom is -0.246 e. The van der Waals surface area contributed by atoms with Crippen molar-refractivity contribution in [3.8, 4) is 0 Å². The predicted octanol–water partition coefficient (Wildman–Crippen LogP) is 2.96. The second-order valence-electron chi connectivity index (χ2n) is 3.35. The maximum absolute atomic E-state index is 4.47. The molecular formula is C9H15NS. The molecule has 0 N–H and O–H groups in total. The van der Waals surface area contributed by atoms with Crippen LogP contribution in [0.2, 0.25) is 0 Å². The lowest BCUT2D eigenvalue weighted by Gasteiger charge is -1.97. The Morgan fingerprint density at radius 1 is 1.36 bits per heavy atom. The summed E-state index contributed by atoms with van der Waals surface area (Å²) in [5, 5.41) is 1.29. The Balaban J connectivity index is 2.73. The van der Waals surface area contributed by atoms with Gasteiger partial charge in [0.05, 0.1) is 10.7 Å². The monoisotopic (exact) mass is 169 g/mol. The largest absolute Gasteiger partial charge is 0.246 e. The zero-order valence-corrected chi connectivity index (χ0v) is 8.46. The van der Waals surface area contributed by atoms with Crippen LogP contribution in [0.25, 0.3) is 0 Å². The third-order valence-corrected chi connectivity index (χ3v) is 2.75. The van der Waals surface area contributed by atoms with Crippen molar-refractivity contribution in [1.82, 2.24) is 4.98 Å². The number of hydrogen-bond donors (Lipinski definition) is 0. The third-order valence-electron chi connectivity index (χ3n) is 1.66. The van der Waals surface area contributed by atoms with Crippen LogP contribution in [0.4, 0.5) is 0 Å². The van der Waals surface area contributed by atoms with Crippen molar-refractivity contribution in [2.24, 2.45) is 5.92 Å². The first-order valence-corrected chi connectivity index (χ1v) is 4.84. The van der Waals surface area contributed by atoms with E-state index in [2.05, 4.69) is 32.7 Å². The van der Waals surface area contributed by atoms with Crippen LogP contribution < -0.4 is 0 Å². The fourth-order valence-corrected chi connectivity index (χ4v) is 2.12. The van der Waals surface area contributed by atoms with E-state index in [-0.39, 0.29) is 0 Å². The number of rotatable bonds is 2. The van der Waals surface area contributed by atoms with E-state index in [9.17, 15) is 0 Å². The maximum atomic E-state index is 4.47. The Labute approximate surface area is 72.5 Å². The molecule has 11 heavy (non-hydrogen) atoms. The average molecular weight is 169 g/mol. The molecule has 1 heterocycles. The molecule has 0 saturated carbocycles. The first-order valence-electron chi connectivity index (χ1n) is 4.02. The fourth-order valence-electron chi connectivity index (χ4n) is 0.976. The topological polar surface area (TPSA) is 12.9 Å². The van der Waals surface area contributed by atoms with E-state index in [4.69, 9.17) is 0 Å². The van der Waals surface area contributed by atoms with Gasteiger partial charge in [-0.3, -0.25) is 0 Å². The molecule has 0 aliphatic carbocycles. The van der Waals surface area contributed by atoms with Gasteiger partial charge in [-0.25, -0.2) is 4.98 Å². The number of thiazole rings is 1. The Morgan fingerprint density at radius 3 is 2.36 bits per heavy atom. The molecular weight excluding hydrogens is 154 g/mol. The highest BCUT2D eigenvalue weighted by atomic mass is 32.1. The molecule has 0 fully saturated rings. The van der Waals surface area contributed by atoms with Gasteiger partial charge in [-0.15, -0.1) is 11.3 Å². The van der Waals surface area contributed by atoms with E-state index < -0.39 is 0 Å². The molecule has 0 saturated heterocycles. The lowest BCUT2D eigenvalue weighted by molar-refractivity contribution is 0.643. The van der Waals surface area contributed by atoms with E-state index in [1.807, 2.05) is 11.3 Å². The molecule has 0 spiro atoms. The molecule has 0 aliphatic heterocycles. The highest BCUT2D eigenvalue weighted by molar-refractivity contribution is 7.11. The zero-order valence-electron chi connectivity index (χ0n) is 7.64. The molecule has 1 rings (SSSR count). The van der Waals surface area contributed by atoms with E-state index in [0.717, 1.165) is 12.3 Å². The van der Waals surface area contributed by atoms with Crippen LogP contribution in [-0.2, 0) is 6.42 Å². The SMILES string of the molecule is Cc1nc(CC(C)C)sc1C. The fraction of sp³-hybridized carbons (Fsp3) is 0.667. The normalized spacial score (nSPS) is 11.0. The third kappa shape index (κ3) is 2.29. The van der Waals surface area contributed by atoms with Gasteiger partial charge in [0.2, 0.25) is 0 Å². The summed E-state index contributed by atoms with van der Waals surface area (Å²) in [7, 11) is 0. The van der Waals surface area contributed by atoms with Gasteiger partial charge in [0.15, 0.2) is 0 Å². The van der Waals surface area contributed by atoms with Crippen molar-refractivity contribution in [1.29, 1.82) is 0 Å². The summed E-state index contributed by atoms with van der Waals surface area (Å²) >= 11 is 1.83. The van der Waals surface area contributed by atoms with Gasteiger partial charge in [-0.05, 0) is 19.8 Å². The summed E-state index contributed by atoms with van der Waals surface area (Å²) in [6.07, 6.45) is 1.12. The van der Waals surface area contributed by atoms with Crippen LogP contribution in [0.15, 0.2) is 0 Å². The van der Waals surface area contributed by atoms with Crippen LogP contribution in [0, 0.1) is 19.8 Å². The minimum atomic E-state index is 0.722. The van der Waals surface area contributed by atoms with Crippen LogP contribution in [-0.4, -0.2) is 4.98 Å². The predicted molar refractivity (Wildman–Crippen MR) is 50.1 cm³/mol. The highest BCUT2D eigenvalue weighted by Crippen LogP contribution is 2.18. The van der Waals surface area contributed by atoms with Crippen molar-refractivity contribution < 1.29 is 0 Å². The highest BCUT2D eigenvalue weighted by Gasteiger charge is 2.04. The molecule has 0 radical (unpaired) electrons. The van der Waals surface area contributed by atoms with E-state index in [1.54, 1.807) is 0 Å². The minimum absolute atomic E-state index is 0.722. The molecule has 0 bridgehead atoms. The lowest BCUT2D eigenvalue weighted by Crippen LogP contribution is -1.92. The summed E-state index contributed by atoms with van der Waals surface area (Å²) < 4.78 is 0. The standard InChI is InChI=1S/C9H15NS/c1-6(2)5-9-10-7(3)8(4)11-9/h6H,5H2,1-4H3. The zero-order chi connectivity index (χ0) is 8.43. The Kier molecular flexibility index (Phi) is 2.66. The smallest absolute Gasteiger partial charge is 0.0933 e. The van der Waals surface area contributed by atoms with Gasteiger partial charge in [0.1, 0.15) is 0 Å². The Hall–Kier alpha value is -0.370. The molecule has 0 amide bonds. The van der Waals surface area contributed by atoms with Gasteiger partial charge in [-0.2, -0.15) is 0 Å². The molecule has 0 aromatic carbocycles. The van der Waals surface area contributed by atoms with E-state index >= 15 is 0 Å². The lowest BCUT2D eigenvalue weighted by atomic mass is 10.1.